The monoisotopic (exact) mass is 374 g/mol. The van der Waals surface area contributed by atoms with Crippen molar-refractivity contribution in [3.05, 3.63) is 82.5 Å². The quantitative estimate of drug-likeness (QED) is 0.619. The largest absolute Gasteiger partial charge is 0.309 e. The second-order valence-corrected chi connectivity index (χ2v) is 7.28. The molecular weight excluding hydrogens is 356 g/mol. The molecule has 4 nitrogen and oxygen atoms in total. The van der Waals surface area contributed by atoms with Crippen LogP contribution in [0.1, 0.15) is 46.7 Å². The molecule has 0 bridgehead atoms. The van der Waals surface area contributed by atoms with E-state index in [0.717, 1.165) is 42.5 Å². The first kappa shape index (κ1) is 17.2. The molecule has 0 amide bonds. The van der Waals surface area contributed by atoms with Crippen molar-refractivity contribution < 1.29 is 0 Å². The number of pyridine rings is 1. The summed E-state index contributed by atoms with van der Waals surface area (Å²) in [4.78, 5) is 4.22. The van der Waals surface area contributed by atoms with Crippen LogP contribution in [0.25, 0.3) is 29.0 Å². The van der Waals surface area contributed by atoms with Crippen molar-refractivity contribution in [2.24, 2.45) is 0 Å². The molecule has 0 saturated carbocycles. The van der Waals surface area contributed by atoms with Gasteiger partial charge in [-0.25, -0.2) is 4.98 Å². The van der Waals surface area contributed by atoms with E-state index in [4.69, 9.17) is 5.26 Å². The van der Waals surface area contributed by atoms with Crippen LogP contribution < -0.4 is 0 Å². The zero-order valence-corrected chi connectivity index (χ0v) is 15.9. The third kappa shape index (κ3) is 2.70. The van der Waals surface area contributed by atoms with Crippen LogP contribution in [0.2, 0.25) is 0 Å². The molecule has 0 aliphatic heterocycles. The maximum absolute atomic E-state index is 9.65. The van der Waals surface area contributed by atoms with Gasteiger partial charge in [0.2, 0.25) is 0 Å². The zero-order valence-electron chi connectivity index (χ0n) is 15.9. The van der Waals surface area contributed by atoms with Crippen molar-refractivity contribution in [2.75, 3.05) is 0 Å². The Kier molecular flexibility index (Phi) is 4.12. The lowest BCUT2D eigenvalue weighted by molar-refractivity contribution is 0.922. The normalized spacial score (nSPS) is 14.0. The summed E-state index contributed by atoms with van der Waals surface area (Å²) >= 11 is 0. The number of nitrogens with zero attached hydrogens (tertiary/aromatic N) is 4. The van der Waals surface area contributed by atoms with E-state index in [1.807, 2.05) is 30.3 Å². The number of rotatable bonds is 2. The fraction of sp³-hybridized carbons (Fsp3) is 0.160. The fourth-order valence-electron chi connectivity index (χ4n) is 4.44. The average molecular weight is 374 g/mol. The van der Waals surface area contributed by atoms with Gasteiger partial charge in [-0.3, -0.25) is 0 Å². The van der Waals surface area contributed by atoms with E-state index in [1.54, 1.807) is 6.07 Å². The standard InChI is InChI=1S/C25H18N4/c26-15-17-13-14-18(22(16-27)28-17)19-7-1-4-10-23(19)29-24-11-5-2-8-20(24)21-9-3-6-12-25(21)29/h1,4-7,10-14H,2-3,8-9H2. The lowest BCUT2D eigenvalue weighted by Crippen LogP contribution is -2.05. The van der Waals surface area contributed by atoms with E-state index in [0.29, 0.717) is 0 Å². The Balaban J connectivity index is 1.80. The molecule has 0 N–H and O–H groups in total. The summed E-state index contributed by atoms with van der Waals surface area (Å²) in [6.07, 6.45) is 13.2. The van der Waals surface area contributed by atoms with Crippen LogP contribution in [0.4, 0.5) is 0 Å². The highest BCUT2D eigenvalue weighted by molar-refractivity contribution is 5.80. The Morgan fingerprint density at radius 1 is 0.793 bits per heavy atom. The van der Waals surface area contributed by atoms with Crippen LogP contribution in [0.5, 0.6) is 0 Å². The first-order valence-electron chi connectivity index (χ1n) is 9.82. The molecule has 2 heterocycles. The summed E-state index contributed by atoms with van der Waals surface area (Å²) in [5.41, 5.74) is 8.62. The minimum Gasteiger partial charge on any atom is -0.309 e. The van der Waals surface area contributed by atoms with Gasteiger partial charge >= 0.3 is 0 Å². The molecule has 0 radical (unpaired) electrons. The molecule has 2 aliphatic rings. The van der Waals surface area contributed by atoms with Crippen molar-refractivity contribution in [1.29, 1.82) is 10.5 Å². The summed E-state index contributed by atoms with van der Waals surface area (Å²) in [6, 6.07) is 15.8. The van der Waals surface area contributed by atoms with Crippen molar-refractivity contribution in [2.45, 2.75) is 25.7 Å². The van der Waals surface area contributed by atoms with Gasteiger partial charge in [0.15, 0.2) is 0 Å². The molecule has 0 saturated heterocycles. The van der Waals surface area contributed by atoms with Crippen molar-refractivity contribution in [1.82, 2.24) is 9.55 Å². The topological polar surface area (TPSA) is 65.4 Å². The van der Waals surface area contributed by atoms with Crippen LogP contribution in [0.15, 0.2) is 48.6 Å². The molecule has 0 atom stereocenters. The van der Waals surface area contributed by atoms with Gasteiger partial charge in [-0.05, 0) is 67.2 Å². The number of hydrogen-bond acceptors (Lipinski definition) is 3. The second-order valence-electron chi connectivity index (χ2n) is 7.28. The smallest absolute Gasteiger partial charge is 0.149 e. The molecule has 2 aromatic heterocycles. The maximum atomic E-state index is 9.65. The highest BCUT2D eigenvalue weighted by Crippen LogP contribution is 2.38. The van der Waals surface area contributed by atoms with Crippen LogP contribution in [0, 0.1) is 22.7 Å². The predicted molar refractivity (Wildman–Crippen MR) is 113 cm³/mol. The van der Waals surface area contributed by atoms with Crippen LogP contribution in [-0.4, -0.2) is 9.55 Å². The lowest BCUT2D eigenvalue weighted by atomic mass is 9.94. The highest BCUT2D eigenvalue weighted by atomic mass is 15.0. The Labute approximate surface area is 169 Å². The predicted octanol–water partition coefficient (Wildman–Crippen LogP) is 5.20. The number of para-hydroxylation sites is 1. The molecule has 0 fully saturated rings. The van der Waals surface area contributed by atoms with E-state index < -0.39 is 0 Å². The number of benzene rings is 1. The van der Waals surface area contributed by atoms with Crippen LogP contribution in [-0.2, 0) is 12.8 Å². The Morgan fingerprint density at radius 3 is 2.14 bits per heavy atom. The highest BCUT2D eigenvalue weighted by Gasteiger charge is 2.25. The van der Waals surface area contributed by atoms with E-state index in [9.17, 15) is 5.26 Å². The van der Waals surface area contributed by atoms with E-state index in [1.165, 1.54) is 22.5 Å². The molecule has 2 aliphatic carbocycles. The molecule has 29 heavy (non-hydrogen) atoms. The third-order valence-electron chi connectivity index (χ3n) is 5.69. The Hall–Kier alpha value is -3.89. The van der Waals surface area contributed by atoms with Crippen molar-refractivity contribution in [3.63, 3.8) is 0 Å². The third-order valence-corrected chi connectivity index (χ3v) is 5.69. The molecule has 3 aromatic rings. The average Bonchev–Trinajstić information content (AvgIpc) is 3.13. The zero-order chi connectivity index (χ0) is 19.8. The van der Waals surface area contributed by atoms with Gasteiger partial charge in [0, 0.05) is 22.5 Å². The first-order chi connectivity index (χ1) is 14.3. The van der Waals surface area contributed by atoms with E-state index >= 15 is 0 Å². The molecular formula is C25H18N4. The molecule has 4 heteroatoms. The van der Waals surface area contributed by atoms with E-state index in [-0.39, 0.29) is 11.4 Å². The van der Waals surface area contributed by atoms with Gasteiger partial charge < -0.3 is 4.57 Å². The van der Waals surface area contributed by atoms with E-state index in [2.05, 4.69) is 46.0 Å². The van der Waals surface area contributed by atoms with Crippen molar-refractivity contribution >= 4 is 12.2 Å². The summed E-state index contributed by atoms with van der Waals surface area (Å²) in [7, 11) is 0. The van der Waals surface area contributed by atoms with Gasteiger partial charge in [0.25, 0.3) is 0 Å². The molecule has 1 aromatic carbocycles. The van der Waals surface area contributed by atoms with Gasteiger partial charge in [-0.2, -0.15) is 10.5 Å². The number of allylic oxidation sites excluding steroid dienone is 2. The number of nitriles is 2. The Bertz CT molecular complexity index is 1240. The molecule has 0 spiro atoms. The Morgan fingerprint density at radius 2 is 1.48 bits per heavy atom. The minimum atomic E-state index is 0.254. The number of aromatic nitrogens is 2. The van der Waals surface area contributed by atoms with Gasteiger partial charge in [-0.1, -0.05) is 30.4 Å². The summed E-state index contributed by atoms with van der Waals surface area (Å²) in [6.45, 7) is 0. The summed E-state index contributed by atoms with van der Waals surface area (Å²) < 4.78 is 2.32. The van der Waals surface area contributed by atoms with Crippen molar-refractivity contribution in [3.8, 4) is 29.0 Å². The van der Waals surface area contributed by atoms with Crippen LogP contribution in [0.3, 0.4) is 0 Å². The fourth-order valence-corrected chi connectivity index (χ4v) is 4.44. The second kappa shape index (κ2) is 6.93. The van der Waals surface area contributed by atoms with Gasteiger partial charge in [0.1, 0.15) is 23.5 Å². The minimum absolute atomic E-state index is 0.254. The maximum Gasteiger partial charge on any atom is 0.149 e. The SMILES string of the molecule is N#Cc1ccc(-c2ccccc2-n2c3c(c4c2C=CCC4)CCC=C3)c(C#N)n1. The lowest BCUT2D eigenvalue weighted by Gasteiger charge is -2.18. The summed E-state index contributed by atoms with van der Waals surface area (Å²) in [5, 5.41) is 18.8. The number of hydrogen-bond donors (Lipinski definition) is 0. The first-order valence-corrected chi connectivity index (χ1v) is 9.82. The van der Waals surface area contributed by atoms with Crippen LogP contribution >= 0.6 is 0 Å². The van der Waals surface area contributed by atoms with Gasteiger partial charge in [-0.15, -0.1) is 0 Å². The molecule has 0 unspecified atom stereocenters. The molecule has 138 valence electrons. The molecule has 5 rings (SSSR count). The number of fused-ring (bicyclic) bond motifs is 3. The van der Waals surface area contributed by atoms with Gasteiger partial charge in [0.05, 0.1) is 5.69 Å². The summed E-state index contributed by atoms with van der Waals surface area (Å²) in [5.74, 6) is 0.